The van der Waals surface area contributed by atoms with E-state index in [0.717, 1.165) is 0 Å². The number of aliphatic hydroxyl groups excluding tert-OH is 2. The van der Waals surface area contributed by atoms with Gasteiger partial charge in [0.15, 0.2) is 6.29 Å². The standard InChI is InChI=1S/C14H26O4/c1-10(6-5-7-14(4,18)9-15)13(17)8-11(2)12(3)16/h5,7,9-13,16-18H,6,8H2,1-4H3/b7-5+/t10-,11-,12-,13+,14+/m0/s1. The summed E-state index contributed by atoms with van der Waals surface area (Å²) >= 11 is 0. The highest BCUT2D eigenvalue weighted by atomic mass is 16.3. The van der Waals surface area contributed by atoms with E-state index in [4.69, 9.17) is 0 Å². The maximum atomic E-state index is 10.5. The van der Waals surface area contributed by atoms with Crippen LogP contribution in [0.1, 0.15) is 40.5 Å². The van der Waals surface area contributed by atoms with Crippen molar-refractivity contribution in [3.05, 3.63) is 12.2 Å². The molecule has 106 valence electrons. The van der Waals surface area contributed by atoms with Crippen LogP contribution in [-0.2, 0) is 4.79 Å². The highest BCUT2D eigenvalue weighted by Gasteiger charge is 2.19. The largest absolute Gasteiger partial charge is 0.393 e. The molecule has 0 aliphatic rings. The summed E-state index contributed by atoms with van der Waals surface area (Å²) < 4.78 is 0. The lowest BCUT2D eigenvalue weighted by molar-refractivity contribution is -0.118. The van der Waals surface area contributed by atoms with E-state index in [1.54, 1.807) is 13.0 Å². The third kappa shape index (κ3) is 6.89. The summed E-state index contributed by atoms with van der Waals surface area (Å²) in [5, 5.41) is 28.8. The zero-order chi connectivity index (χ0) is 14.3. The molecule has 0 rings (SSSR count). The van der Waals surface area contributed by atoms with Crippen LogP contribution >= 0.6 is 0 Å². The van der Waals surface area contributed by atoms with Crippen molar-refractivity contribution in [1.82, 2.24) is 0 Å². The smallest absolute Gasteiger partial charge is 0.155 e. The van der Waals surface area contributed by atoms with Crippen molar-refractivity contribution in [1.29, 1.82) is 0 Å². The van der Waals surface area contributed by atoms with Crippen LogP contribution in [0.25, 0.3) is 0 Å². The number of allylic oxidation sites excluding steroid dienone is 1. The fourth-order valence-electron chi connectivity index (χ4n) is 1.53. The van der Waals surface area contributed by atoms with Crippen molar-refractivity contribution in [2.45, 2.75) is 58.3 Å². The SMILES string of the molecule is C[C@H](O)[C@@H](C)C[C@@H](O)[C@@H](C)C/C=C/[C@@](C)(O)C=O. The third-order valence-corrected chi connectivity index (χ3v) is 3.30. The van der Waals surface area contributed by atoms with Gasteiger partial charge >= 0.3 is 0 Å². The molecule has 3 N–H and O–H groups in total. The van der Waals surface area contributed by atoms with Gasteiger partial charge in [0, 0.05) is 0 Å². The molecule has 0 heterocycles. The van der Waals surface area contributed by atoms with Gasteiger partial charge in [-0.05, 0) is 38.5 Å². The molecular weight excluding hydrogens is 232 g/mol. The van der Waals surface area contributed by atoms with Crippen LogP contribution in [0.3, 0.4) is 0 Å². The fourth-order valence-corrected chi connectivity index (χ4v) is 1.53. The summed E-state index contributed by atoms with van der Waals surface area (Å²) in [4.78, 5) is 10.5. The first-order valence-electron chi connectivity index (χ1n) is 6.42. The third-order valence-electron chi connectivity index (χ3n) is 3.30. The van der Waals surface area contributed by atoms with Gasteiger partial charge in [-0.25, -0.2) is 0 Å². The van der Waals surface area contributed by atoms with Gasteiger partial charge in [-0.2, -0.15) is 0 Å². The van der Waals surface area contributed by atoms with E-state index in [9.17, 15) is 20.1 Å². The van der Waals surface area contributed by atoms with Gasteiger partial charge in [-0.1, -0.05) is 26.0 Å². The van der Waals surface area contributed by atoms with E-state index >= 15 is 0 Å². The molecule has 0 amide bonds. The summed E-state index contributed by atoms with van der Waals surface area (Å²) in [5.74, 6) is 0.0643. The Morgan fingerprint density at radius 3 is 2.17 bits per heavy atom. The molecule has 0 aromatic carbocycles. The molecule has 0 aliphatic carbocycles. The highest BCUT2D eigenvalue weighted by molar-refractivity contribution is 5.64. The number of aldehydes is 1. The average molecular weight is 258 g/mol. The molecule has 0 saturated heterocycles. The molecule has 4 heteroatoms. The van der Waals surface area contributed by atoms with Gasteiger partial charge in [-0.15, -0.1) is 0 Å². The zero-order valence-corrected chi connectivity index (χ0v) is 11.7. The van der Waals surface area contributed by atoms with Gasteiger partial charge < -0.3 is 15.3 Å². The van der Waals surface area contributed by atoms with Crippen LogP contribution in [0.4, 0.5) is 0 Å². The van der Waals surface area contributed by atoms with Gasteiger partial charge in [0.1, 0.15) is 5.60 Å². The number of hydrogen-bond donors (Lipinski definition) is 3. The number of rotatable bonds is 8. The lowest BCUT2D eigenvalue weighted by Crippen LogP contribution is -2.25. The van der Waals surface area contributed by atoms with Crippen molar-refractivity contribution in [3.63, 3.8) is 0 Å². The Morgan fingerprint density at radius 2 is 1.72 bits per heavy atom. The Bertz CT molecular complexity index is 271. The lowest BCUT2D eigenvalue weighted by atomic mass is 9.90. The Balaban J connectivity index is 4.17. The lowest BCUT2D eigenvalue weighted by Gasteiger charge is -2.23. The normalized spacial score (nSPS) is 22.2. The van der Waals surface area contributed by atoms with Gasteiger partial charge in [0.2, 0.25) is 0 Å². The summed E-state index contributed by atoms with van der Waals surface area (Å²) in [6.07, 6.45) is 3.80. The Labute approximate surface area is 109 Å². The molecule has 0 radical (unpaired) electrons. The summed E-state index contributed by atoms with van der Waals surface area (Å²) in [5.41, 5.74) is -1.43. The molecule has 5 atom stereocenters. The predicted octanol–water partition coefficient (Wildman–Crippen LogP) is 1.29. The molecule has 4 nitrogen and oxygen atoms in total. The molecule has 0 bridgehead atoms. The van der Waals surface area contributed by atoms with E-state index in [1.165, 1.54) is 13.0 Å². The maximum absolute atomic E-state index is 10.5. The first-order valence-corrected chi connectivity index (χ1v) is 6.42. The maximum Gasteiger partial charge on any atom is 0.155 e. The molecule has 0 unspecified atom stereocenters. The summed E-state index contributed by atoms with van der Waals surface area (Å²) in [6.45, 7) is 6.92. The first kappa shape index (κ1) is 17.3. The van der Waals surface area contributed by atoms with Crippen molar-refractivity contribution < 1.29 is 20.1 Å². The molecule has 0 saturated carbocycles. The van der Waals surface area contributed by atoms with Crippen molar-refractivity contribution >= 4 is 6.29 Å². The summed E-state index contributed by atoms with van der Waals surface area (Å²) in [6, 6.07) is 0. The second-order valence-corrected chi connectivity index (χ2v) is 5.48. The highest BCUT2D eigenvalue weighted by Crippen LogP contribution is 2.19. The average Bonchev–Trinajstić information content (AvgIpc) is 2.28. The van der Waals surface area contributed by atoms with E-state index in [1.807, 2.05) is 13.8 Å². The number of carbonyl (C=O) groups is 1. The molecule has 0 fully saturated rings. The first-order chi connectivity index (χ1) is 8.19. The number of hydrogen-bond acceptors (Lipinski definition) is 4. The van der Waals surface area contributed by atoms with Crippen molar-refractivity contribution in [2.75, 3.05) is 0 Å². The van der Waals surface area contributed by atoms with Crippen molar-refractivity contribution in [2.24, 2.45) is 11.8 Å². The van der Waals surface area contributed by atoms with Crippen molar-refractivity contribution in [3.8, 4) is 0 Å². The fraction of sp³-hybridized carbons (Fsp3) is 0.786. The Morgan fingerprint density at radius 1 is 1.17 bits per heavy atom. The predicted molar refractivity (Wildman–Crippen MR) is 71.1 cm³/mol. The monoisotopic (exact) mass is 258 g/mol. The van der Waals surface area contributed by atoms with Crippen LogP contribution in [0.15, 0.2) is 12.2 Å². The second-order valence-electron chi connectivity index (χ2n) is 5.48. The van der Waals surface area contributed by atoms with E-state index < -0.39 is 17.8 Å². The molecule has 0 aromatic rings. The molecule has 0 aromatic heterocycles. The second kappa shape index (κ2) is 7.67. The van der Waals surface area contributed by atoms with E-state index in [2.05, 4.69) is 0 Å². The molecule has 0 spiro atoms. The minimum atomic E-state index is -1.43. The van der Waals surface area contributed by atoms with Gasteiger partial charge in [-0.3, -0.25) is 4.79 Å². The Kier molecular flexibility index (Phi) is 7.36. The molecule has 0 aliphatic heterocycles. The number of aliphatic hydroxyl groups is 3. The van der Waals surface area contributed by atoms with Crippen LogP contribution < -0.4 is 0 Å². The van der Waals surface area contributed by atoms with Crippen LogP contribution in [0, 0.1) is 11.8 Å². The minimum absolute atomic E-state index is 0.0184. The topological polar surface area (TPSA) is 77.8 Å². The van der Waals surface area contributed by atoms with Gasteiger partial charge in [0.25, 0.3) is 0 Å². The molecular formula is C14H26O4. The summed E-state index contributed by atoms with van der Waals surface area (Å²) in [7, 11) is 0. The minimum Gasteiger partial charge on any atom is -0.393 e. The van der Waals surface area contributed by atoms with Crippen LogP contribution in [0.5, 0.6) is 0 Å². The van der Waals surface area contributed by atoms with Crippen LogP contribution in [0.2, 0.25) is 0 Å². The quantitative estimate of drug-likeness (QED) is 0.453. The van der Waals surface area contributed by atoms with E-state index in [0.29, 0.717) is 19.1 Å². The van der Waals surface area contributed by atoms with Gasteiger partial charge in [0.05, 0.1) is 12.2 Å². The van der Waals surface area contributed by atoms with E-state index in [-0.39, 0.29) is 11.8 Å². The molecule has 18 heavy (non-hydrogen) atoms. The zero-order valence-electron chi connectivity index (χ0n) is 11.7. The van der Waals surface area contributed by atoms with Crippen LogP contribution in [-0.4, -0.2) is 39.4 Å². The number of carbonyl (C=O) groups excluding carboxylic acids is 1. The Hall–Kier alpha value is -0.710.